The zero-order valence-corrected chi connectivity index (χ0v) is 11.4. The first-order valence-electron chi connectivity index (χ1n) is 5.51. The van der Waals surface area contributed by atoms with Gasteiger partial charge >= 0.3 is 5.97 Å². The molecule has 1 heterocycles. The second-order valence-corrected chi connectivity index (χ2v) is 5.97. The van der Waals surface area contributed by atoms with Gasteiger partial charge in [-0.3, -0.25) is 4.79 Å². The number of sulfonamides is 1. The normalized spacial score (nSPS) is 12.0. The highest BCUT2D eigenvalue weighted by atomic mass is 32.2. The maximum atomic E-state index is 12.0. The van der Waals surface area contributed by atoms with Gasteiger partial charge in [0, 0.05) is 19.8 Å². The molecule has 0 aliphatic heterocycles. The molecule has 0 radical (unpaired) electrons. The third-order valence-corrected chi connectivity index (χ3v) is 4.13. The minimum Gasteiger partial charge on any atom is -0.480 e. The summed E-state index contributed by atoms with van der Waals surface area (Å²) in [7, 11) is -2.61. The van der Waals surface area contributed by atoms with Gasteiger partial charge in [0.2, 0.25) is 0 Å². The smallest absolute Gasteiger partial charge is 0.318 e. The van der Waals surface area contributed by atoms with Gasteiger partial charge in [-0.25, -0.2) is 13.4 Å². The second kappa shape index (κ2) is 5.49. The standard InChI is InChI=1S/C10H17N3O4S/c1-4-5-13-6-9(11-8(13)2)18(16,17)12(3)7-10(14)15/h6H,4-5,7H2,1-3H3,(H,14,15). The number of hydrogen-bond acceptors (Lipinski definition) is 4. The van der Waals surface area contributed by atoms with Gasteiger partial charge in [0.25, 0.3) is 10.0 Å². The lowest BCUT2D eigenvalue weighted by molar-refractivity contribution is -0.137. The summed E-state index contributed by atoms with van der Waals surface area (Å²) in [6, 6.07) is 0. The Labute approximate surface area is 106 Å². The number of carboxylic acid groups (broad SMARTS) is 1. The first kappa shape index (κ1) is 14.7. The van der Waals surface area contributed by atoms with E-state index in [2.05, 4.69) is 4.98 Å². The molecule has 0 saturated heterocycles. The van der Waals surface area contributed by atoms with Crippen molar-refractivity contribution in [1.82, 2.24) is 13.9 Å². The fourth-order valence-electron chi connectivity index (χ4n) is 1.51. The van der Waals surface area contributed by atoms with Crippen LogP contribution in [0.2, 0.25) is 0 Å². The average molecular weight is 275 g/mol. The number of aliphatic carboxylic acids is 1. The van der Waals surface area contributed by atoms with Crippen LogP contribution >= 0.6 is 0 Å². The minimum absolute atomic E-state index is 0.114. The van der Waals surface area contributed by atoms with Crippen molar-refractivity contribution < 1.29 is 18.3 Å². The van der Waals surface area contributed by atoms with E-state index in [0.29, 0.717) is 12.4 Å². The highest BCUT2D eigenvalue weighted by Gasteiger charge is 2.26. The summed E-state index contributed by atoms with van der Waals surface area (Å²) in [5, 5.41) is 8.49. The first-order valence-corrected chi connectivity index (χ1v) is 6.95. The summed E-state index contributed by atoms with van der Waals surface area (Å²) in [6.07, 6.45) is 2.30. The summed E-state index contributed by atoms with van der Waals surface area (Å²) in [4.78, 5) is 14.5. The molecule has 0 aliphatic carbocycles. The summed E-state index contributed by atoms with van der Waals surface area (Å²) in [5.41, 5.74) is 0. The van der Waals surface area contributed by atoms with Gasteiger partial charge in [0.05, 0.1) is 0 Å². The van der Waals surface area contributed by atoms with Gasteiger partial charge in [0.15, 0.2) is 5.03 Å². The van der Waals surface area contributed by atoms with Crippen LogP contribution in [0, 0.1) is 6.92 Å². The molecule has 0 amide bonds. The van der Waals surface area contributed by atoms with E-state index in [1.165, 1.54) is 13.2 Å². The predicted octanol–water partition coefficient (Wildman–Crippen LogP) is 0.307. The number of nitrogens with zero attached hydrogens (tertiary/aromatic N) is 3. The van der Waals surface area contributed by atoms with Crippen LogP contribution in [0.25, 0.3) is 0 Å². The monoisotopic (exact) mass is 275 g/mol. The van der Waals surface area contributed by atoms with Crippen molar-refractivity contribution in [3.05, 3.63) is 12.0 Å². The van der Waals surface area contributed by atoms with E-state index in [4.69, 9.17) is 5.11 Å². The molecule has 0 saturated carbocycles. The molecule has 18 heavy (non-hydrogen) atoms. The van der Waals surface area contributed by atoms with E-state index in [1.807, 2.05) is 6.92 Å². The van der Waals surface area contributed by atoms with E-state index < -0.39 is 22.5 Å². The topological polar surface area (TPSA) is 92.5 Å². The van der Waals surface area contributed by atoms with Crippen LogP contribution in [-0.4, -0.2) is 46.9 Å². The Morgan fingerprint density at radius 2 is 2.17 bits per heavy atom. The maximum absolute atomic E-state index is 12.0. The molecule has 0 fully saturated rings. The van der Waals surface area contributed by atoms with Crippen molar-refractivity contribution in [2.75, 3.05) is 13.6 Å². The van der Waals surface area contributed by atoms with E-state index in [1.54, 1.807) is 11.5 Å². The minimum atomic E-state index is -3.83. The van der Waals surface area contributed by atoms with Crippen LogP contribution in [0.3, 0.4) is 0 Å². The molecular formula is C10H17N3O4S. The fraction of sp³-hybridized carbons (Fsp3) is 0.600. The molecule has 1 N–H and O–H groups in total. The zero-order chi connectivity index (χ0) is 13.9. The molecule has 102 valence electrons. The largest absolute Gasteiger partial charge is 0.480 e. The van der Waals surface area contributed by atoms with E-state index in [-0.39, 0.29) is 5.03 Å². The van der Waals surface area contributed by atoms with Gasteiger partial charge in [-0.2, -0.15) is 4.31 Å². The summed E-state index contributed by atoms with van der Waals surface area (Å²) >= 11 is 0. The number of carboxylic acids is 1. The lowest BCUT2D eigenvalue weighted by Gasteiger charge is -2.12. The van der Waals surface area contributed by atoms with Crippen LogP contribution in [0.15, 0.2) is 11.2 Å². The summed E-state index contributed by atoms with van der Waals surface area (Å²) in [5.74, 6) is -0.607. The number of rotatable bonds is 6. The number of hydrogen-bond donors (Lipinski definition) is 1. The first-order chi connectivity index (χ1) is 8.28. The second-order valence-electron chi connectivity index (χ2n) is 3.97. The van der Waals surface area contributed by atoms with Crippen molar-refractivity contribution in [1.29, 1.82) is 0 Å². The van der Waals surface area contributed by atoms with E-state index in [0.717, 1.165) is 10.7 Å². The molecular weight excluding hydrogens is 258 g/mol. The van der Waals surface area contributed by atoms with Gasteiger partial charge in [-0.1, -0.05) is 6.92 Å². The third kappa shape index (κ3) is 3.08. The van der Waals surface area contributed by atoms with E-state index >= 15 is 0 Å². The average Bonchev–Trinajstić information content (AvgIpc) is 2.60. The molecule has 0 bridgehead atoms. The van der Waals surface area contributed by atoms with Crippen molar-refractivity contribution in [3.63, 3.8) is 0 Å². The van der Waals surface area contributed by atoms with Crippen molar-refractivity contribution in [2.45, 2.75) is 31.8 Å². The number of aryl methyl sites for hydroxylation is 2. The van der Waals surface area contributed by atoms with Gasteiger partial charge < -0.3 is 9.67 Å². The van der Waals surface area contributed by atoms with E-state index in [9.17, 15) is 13.2 Å². The number of carbonyl (C=O) groups is 1. The molecule has 1 rings (SSSR count). The van der Waals surface area contributed by atoms with Crippen LogP contribution in [0.1, 0.15) is 19.2 Å². The number of likely N-dealkylation sites (N-methyl/N-ethyl adjacent to an activating group) is 1. The fourth-order valence-corrected chi connectivity index (χ4v) is 2.61. The van der Waals surface area contributed by atoms with Crippen LogP contribution in [0.5, 0.6) is 0 Å². The molecule has 0 aliphatic rings. The zero-order valence-electron chi connectivity index (χ0n) is 10.6. The quantitative estimate of drug-likeness (QED) is 0.806. The maximum Gasteiger partial charge on any atom is 0.318 e. The molecule has 0 atom stereocenters. The van der Waals surface area contributed by atoms with Gasteiger partial charge in [0.1, 0.15) is 12.4 Å². The molecule has 0 spiro atoms. The Hall–Kier alpha value is -1.41. The van der Waals surface area contributed by atoms with Crippen LogP contribution in [-0.2, 0) is 21.4 Å². The Bertz CT molecular complexity index is 535. The molecule has 1 aromatic heterocycles. The lowest BCUT2D eigenvalue weighted by atomic mass is 10.5. The SMILES string of the molecule is CCCn1cc(S(=O)(=O)N(C)CC(=O)O)nc1C. The van der Waals surface area contributed by atoms with Gasteiger partial charge in [-0.05, 0) is 13.3 Å². The molecule has 8 heteroatoms. The van der Waals surface area contributed by atoms with Crippen molar-refractivity contribution in [2.24, 2.45) is 0 Å². The predicted molar refractivity (Wildman–Crippen MR) is 64.7 cm³/mol. The summed E-state index contributed by atoms with van der Waals surface area (Å²) < 4.78 is 26.6. The Kier molecular flexibility index (Phi) is 4.47. The highest BCUT2D eigenvalue weighted by molar-refractivity contribution is 7.89. The van der Waals surface area contributed by atoms with Crippen LogP contribution < -0.4 is 0 Å². The van der Waals surface area contributed by atoms with Crippen LogP contribution in [0.4, 0.5) is 0 Å². The molecule has 7 nitrogen and oxygen atoms in total. The van der Waals surface area contributed by atoms with Crippen molar-refractivity contribution in [3.8, 4) is 0 Å². The third-order valence-electron chi connectivity index (χ3n) is 2.45. The Morgan fingerprint density at radius 1 is 1.56 bits per heavy atom. The van der Waals surface area contributed by atoms with Gasteiger partial charge in [-0.15, -0.1) is 0 Å². The number of aromatic nitrogens is 2. The Balaban J connectivity index is 3.05. The molecule has 1 aromatic rings. The summed E-state index contributed by atoms with van der Waals surface area (Å²) in [6.45, 7) is 3.79. The Morgan fingerprint density at radius 3 is 2.67 bits per heavy atom. The van der Waals surface area contributed by atoms with Crippen molar-refractivity contribution >= 4 is 16.0 Å². The highest BCUT2D eigenvalue weighted by Crippen LogP contribution is 2.14. The number of imidazole rings is 1. The lowest BCUT2D eigenvalue weighted by Crippen LogP contribution is -2.32. The molecule has 0 aromatic carbocycles. The molecule has 0 unspecified atom stereocenters.